The maximum atomic E-state index is 4.09. The number of nitrogens with one attached hydrogen (secondary N) is 1. The van der Waals surface area contributed by atoms with E-state index in [9.17, 15) is 0 Å². The molecule has 0 radical (unpaired) electrons. The Hall–Kier alpha value is -2.68. The predicted molar refractivity (Wildman–Crippen MR) is 83.2 cm³/mol. The molecule has 102 valence electrons. The van der Waals surface area contributed by atoms with Crippen LogP contribution in [0.2, 0.25) is 0 Å². The lowest BCUT2D eigenvalue weighted by molar-refractivity contribution is 0.856. The lowest BCUT2D eigenvalue weighted by Gasteiger charge is -2.29. The van der Waals surface area contributed by atoms with Crippen molar-refractivity contribution in [3.8, 4) is 0 Å². The number of hydrogen-bond acceptors (Lipinski definition) is 3. The fourth-order valence-corrected chi connectivity index (χ4v) is 3.02. The predicted octanol–water partition coefficient (Wildman–Crippen LogP) is 3.58. The normalized spacial score (nSPS) is 13.3. The van der Waals surface area contributed by atoms with Crippen LogP contribution in [0.5, 0.6) is 0 Å². The van der Waals surface area contributed by atoms with Crippen LogP contribution in [0, 0.1) is 0 Å². The number of rotatable bonds is 2. The van der Waals surface area contributed by atoms with Crippen LogP contribution >= 0.6 is 0 Å². The average molecular weight is 273 g/mol. The maximum Gasteiger partial charge on any atom is 0.115 e. The standard InChI is InChI=1S/C18H15N3/c1-3-7-16-13(5-1)9-14-6-2-4-8-17(14)18(16)21-15-10-19-12-20-11-15/h1-8,10-12,18,21H,9H2. The Bertz CT molecular complexity index is 723. The van der Waals surface area contributed by atoms with E-state index < -0.39 is 0 Å². The van der Waals surface area contributed by atoms with E-state index in [0.717, 1.165) is 12.1 Å². The van der Waals surface area contributed by atoms with Gasteiger partial charge in [0.2, 0.25) is 0 Å². The van der Waals surface area contributed by atoms with Gasteiger partial charge in [-0.15, -0.1) is 0 Å². The highest BCUT2D eigenvalue weighted by molar-refractivity contribution is 5.54. The van der Waals surface area contributed by atoms with Crippen molar-refractivity contribution in [2.75, 3.05) is 5.32 Å². The molecule has 0 atom stereocenters. The smallest absolute Gasteiger partial charge is 0.115 e. The number of anilines is 1. The van der Waals surface area contributed by atoms with E-state index in [1.54, 1.807) is 6.33 Å². The minimum Gasteiger partial charge on any atom is -0.372 e. The molecule has 1 aliphatic carbocycles. The minimum atomic E-state index is 0.150. The number of nitrogens with zero attached hydrogens (tertiary/aromatic N) is 2. The first-order valence-electron chi connectivity index (χ1n) is 7.09. The highest BCUT2D eigenvalue weighted by atomic mass is 15.0. The zero-order valence-electron chi connectivity index (χ0n) is 11.5. The number of aromatic nitrogens is 2. The van der Waals surface area contributed by atoms with Gasteiger partial charge in [0.25, 0.3) is 0 Å². The van der Waals surface area contributed by atoms with E-state index in [4.69, 9.17) is 0 Å². The fraction of sp³-hybridized carbons (Fsp3) is 0.111. The Morgan fingerprint density at radius 3 is 2.00 bits per heavy atom. The van der Waals surface area contributed by atoms with Gasteiger partial charge in [0.1, 0.15) is 6.33 Å². The Labute approximate surface area is 123 Å². The Morgan fingerprint density at radius 2 is 1.38 bits per heavy atom. The molecule has 0 aliphatic heterocycles. The van der Waals surface area contributed by atoms with Crippen LogP contribution < -0.4 is 5.32 Å². The Balaban J connectivity index is 1.82. The molecule has 0 unspecified atom stereocenters. The first kappa shape index (κ1) is 12.1. The van der Waals surface area contributed by atoms with Gasteiger partial charge in [0.15, 0.2) is 0 Å². The van der Waals surface area contributed by atoms with E-state index >= 15 is 0 Å². The Kier molecular flexibility index (Phi) is 2.89. The summed E-state index contributed by atoms with van der Waals surface area (Å²) in [5, 5.41) is 3.57. The van der Waals surface area contributed by atoms with Gasteiger partial charge in [0.05, 0.1) is 24.1 Å². The van der Waals surface area contributed by atoms with Crippen LogP contribution in [-0.2, 0) is 6.42 Å². The quantitative estimate of drug-likeness (QED) is 0.775. The van der Waals surface area contributed by atoms with Gasteiger partial charge in [-0.3, -0.25) is 0 Å². The molecule has 1 aromatic heterocycles. The summed E-state index contributed by atoms with van der Waals surface area (Å²) < 4.78 is 0. The third-order valence-corrected chi connectivity index (χ3v) is 3.98. The molecular weight excluding hydrogens is 258 g/mol. The number of hydrogen-bond donors (Lipinski definition) is 1. The zero-order chi connectivity index (χ0) is 14.1. The minimum absolute atomic E-state index is 0.150. The summed E-state index contributed by atoms with van der Waals surface area (Å²) in [6.45, 7) is 0. The highest BCUT2D eigenvalue weighted by Crippen LogP contribution is 2.36. The van der Waals surface area contributed by atoms with Gasteiger partial charge < -0.3 is 5.32 Å². The topological polar surface area (TPSA) is 37.8 Å². The molecule has 1 heterocycles. The molecule has 0 saturated heterocycles. The SMILES string of the molecule is c1ccc2c(c1)Cc1ccccc1C2Nc1cncnc1. The molecular formula is C18H15N3. The van der Waals surface area contributed by atoms with E-state index in [1.807, 2.05) is 12.4 Å². The second-order valence-electron chi connectivity index (χ2n) is 5.28. The second kappa shape index (κ2) is 5.02. The monoisotopic (exact) mass is 273 g/mol. The zero-order valence-corrected chi connectivity index (χ0v) is 11.5. The van der Waals surface area contributed by atoms with Gasteiger partial charge in [-0.25, -0.2) is 9.97 Å². The van der Waals surface area contributed by atoms with E-state index in [0.29, 0.717) is 0 Å². The van der Waals surface area contributed by atoms with Gasteiger partial charge in [-0.1, -0.05) is 48.5 Å². The first-order chi connectivity index (χ1) is 10.4. The van der Waals surface area contributed by atoms with Crippen molar-refractivity contribution in [3.63, 3.8) is 0 Å². The van der Waals surface area contributed by atoms with Crippen LogP contribution in [0.25, 0.3) is 0 Å². The largest absolute Gasteiger partial charge is 0.372 e. The molecule has 3 heteroatoms. The van der Waals surface area contributed by atoms with Crippen molar-refractivity contribution in [1.82, 2.24) is 9.97 Å². The molecule has 3 aromatic rings. The van der Waals surface area contributed by atoms with Crippen molar-refractivity contribution in [1.29, 1.82) is 0 Å². The summed E-state index contributed by atoms with van der Waals surface area (Å²) in [6, 6.07) is 17.4. The maximum absolute atomic E-state index is 4.09. The molecule has 1 N–H and O–H groups in total. The summed E-state index contributed by atoms with van der Waals surface area (Å²) in [4.78, 5) is 8.18. The highest BCUT2D eigenvalue weighted by Gasteiger charge is 2.24. The summed E-state index contributed by atoms with van der Waals surface area (Å²) >= 11 is 0. The number of benzene rings is 2. The van der Waals surface area contributed by atoms with Crippen LogP contribution in [0.15, 0.2) is 67.3 Å². The van der Waals surface area contributed by atoms with Gasteiger partial charge >= 0.3 is 0 Å². The van der Waals surface area contributed by atoms with Gasteiger partial charge in [-0.2, -0.15) is 0 Å². The summed E-state index contributed by atoms with van der Waals surface area (Å²) in [6.07, 6.45) is 6.17. The van der Waals surface area contributed by atoms with Crippen LogP contribution in [0.1, 0.15) is 28.3 Å². The molecule has 2 aromatic carbocycles. The molecule has 3 nitrogen and oxygen atoms in total. The Morgan fingerprint density at radius 1 is 0.810 bits per heavy atom. The fourth-order valence-electron chi connectivity index (χ4n) is 3.02. The molecule has 4 rings (SSSR count). The van der Waals surface area contributed by atoms with Crippen molar-refractivity contribution in [3.05, 3.63) is 89.5 Å². The summed E-state index contributed by atoms with van der Waals surface area (Å²) in [5.41, 5.74) is 6.37. The number of fused-ring (bicyclic) bond motifs is 2. The molecule has 0 spiro atoms. The molecule has 21 heavy (non-hydrogen) atoms. The average Bonchev–Trinajstić information content (AvgIpc) is 2.55. The lowest BCUT2D eigenvalue weighted by atomic mass is 9.82. The third-order valence-electron chi connectivity index (χ3n) is 3.98. The van der Waals surface area contributed by atoms with E-state index in [2.05, 4.69) is 63.8 Å². The molecule has 0 bridgehead atoms. The van der Waals surface area contributed by atoms with Crippen LogP contribution in [0.4, 0.5) is 5.69 Å². The molecule has 0 saturated carbocycles. The van der Waals surface area contributed by atoms with Gasteiger partial charge in [0, 0.05) is 0 Å². The van der Waals surface area contributed by atoms with Crippen molar-refractivity contribution >= 4 is 5.69 Å². The first-order valence-corrected chi connectivity index (χ1v) is 7.09. The third kappa shape index (κ3) is 2.17. The molecule has 0 amide bonds. The van der Waals surface area contributed by atoms with Gasteiger partial charge in [-0.05, 0) is 28.7 Å². The molecule has 0 fully saturated rings. The van der Waals surface area contributed by atoms with E-state index in [1.165, 1.54) is 22.3 Å². The van der Waals surface area contributed by atoms with E-state index in [-0.39, 0.29) is 6.04 Å². The second-order valence-corrected chi connectivity index (χ2v) is 5.28. The van der Waals surface area contributed by atoms with Crippen molar-refractivity contribution in [2.45, 2.75) is 12.5 Å². The van der Waals surface area contributed by atoms with Crippen LogP contribution in [0.3, 0.4) is 0 Å². The summed E-state index contributed by atoms with van der Waals surface area (Å²) in [5.74, 6) is 0. The summed E-state index contributed by atoms with van der Waals surface area (Å²) in [7, 11) is 0. The van der Waals surface area contributed by atoms with Crippen molar-refractivity contribution in [2.24, 2.45) is 0 Å². The van der Waals surface area contributed by atoms with Crippen molar-refractivity contribution < 1.29 is 0 Å². The van der Waals surface area contributed by atoms with Crippen LogP contribution in [-0.4, -0.2) is 9.97 Å². The lowest BCUT2D eigenvalue weighted by Crippen LogP contribution is -2.20. The molecule has 1 aliphatic rings.